The fourth-order valence-corrected chi connectivity index (χ4v) is 1.80. The highest BCUT2D eigenvalue weighted by atomic mass is 19.4. The van der Waals surface area contributed by atoms with Gasteiger partial charge in [-0.05, 0) is 19.1 Å². The van der Waals surface area contributed by atoms with E-state index in [4.69, 9.17) is 0 Å². The smallest absolute Gasteiger partial charge is 0.306 e. The molecule has 18 heavy (non-hydrogen) atoms. The summed E-state index contributed by atoms with van der Waals surface area (Å²) < 4.78 is 39.0. The van der Waals surface area contributed by atoms with Gasteiger partial charge in [0.1, 0.15) is 0 Å². The van der Waals surface area contributed by atoms with Crippen molar-refractivity contribution in [2.24, 2.45) is 0 Å². The van der Waals surface area contributed by atoms with Gasteiger partial charge in [-0.25, -0.2) is 4.79 Å². The summed E-state index contributed by atoms with van der Waals surface area (Å²) in [6.07, 6.45) is -4.62. The van der Waals surface area contributed by atoms with Crippen LogP contribution in [0.15, 0.2) is 27.8 Å². The molecule has 1 N–H and O–H groups in total. The van der Waals surface area contributed by atoms with Crippen LogP contribution in [0.5, 0.6) is 0 Å². The predicted octanol–water partition coefficient (Wildman–Crippen LogP) is 1.73. The van der Waals surface area contributed by atoms with Gasteiger partial charge in [-0.3, -0.25) is 9.36 Å². The van der Waals surface area contributed by atoms with E-state index in [-0.39, 0.29) is 11.9 Å². The molecule has 1 aromatic heterocycles. The van der Waals surface area contributed by atoms with E-state index >= 15 is 0 Å². The monoisotopic (exact) mass is 258 g/mol. The third-order valence-corrected chi connectivity index (χ3v) is 2.64. The number of hydrogen-bond acceptors (Lipinski definition) is 2. The van der Waals surface area contributed by atoms with Crippen molar-refractivity contribution in [2.45, 2.75) is 19.6 Å². The number of aromatic nitrogens is 2. The van der Waals surface area contributed by atoms with E-state index < -0.39 is 28.5 Å². The molecule has 0 aliphatic heterocycles. The van der Waals surface area contributed by atoms with Crippen LogP contribution in [-0.2, 0) is 12.7 Å². The van der Waals surface area contributed by atoms with E-state index in [1.54, 1.807) is 6.92 Å². The van der Waals surface area contributed by atoms with Gasteiger partial charge in [0.25, 0.3) is 5.56 Å². The molecule has 0 aliphatic rings. The number of aromatic amines is 1. The topological polar surface area (TPSA) is 54.9 Å². The van der Waals surface area contributed by atoms with Crippen LogP contribution in [0.4, 0.5) is 13.2 Å². The average Bonchev–Trinajstić information content (AvgIpc) is 2.27. The highest BCUT2D eigenvalue weighted by Crippen LogP contribution is 2.32. The van der Waals surface area contributed by atoms with Gasteiger partial charge in [-0.2, -0.15) is 13.2 Å². The van der Waals surface area contributed by atoms with Crippen molar-refractivity contribution in [1.82, 2.24) is 9.55 Å². The fourth-order valence-electron chi connectivity index (χ4n) is 1.80. The highest BCUT2D eigenvalue weighted by Gasteiger charge is 2.33. The lowest BCUT2D eigenvalue weighted by Gasteiger charge is -2.10. The first kappa shape index (κ1) is 12.4. The lowest BCUT2D eigenvalue weighted by Crippen LogP contribution is -2.34. The Hall–Kier alpha value is -2.05. The Morgan fingerprint density at radius 3 is 2.50 bits per heavy atom. The van der Waals surface area contributed by atoms with E-state index in [1.165, 1.54) is 6.07 Å². The molecule has 0 amide bonds. The van der Waals surface area contributed by atoms with Crippen LogP contribution in [0, 0.1) is 0 Å². The number of alkyl halides is 3. The molecule has 0 saturated carbocycles. The molecule has 0 fully saturated rings. The molecule has 1 aromatic carbocycles. The number of halogens is 3. The summed E-state index contributed by atoms with van der Waals surface area (Å²) in [5.74, 6) is 0. The average molecular weight is 258 g/mol. The third-order valence-electron chi connectivity index (χ3n) is 2.64. The van der Waals surface area contributed by atoms with Crippen molar-refractivity contribution in [3.05, 3.63) is 44.6 Å². The molecular weight excluding hydrogens is 249 g/mol. The van der Waals surface area contributed by atoms with Gasteiger partial charge in [0.15, 0.2) is 0 Å². The number of para-hydroxylation sites is 1. The fraction of sp³-hybridized carbons (Fsp3) is 0.273. The van der Waals surface area contributed by atoms with Crippen LogP contribution >= 0.6 is 0 Å². The first-order valence-electron chi connectivity index (χ1n) is 5.19. The van der Waals surface area contributed by atoms with E-state index in [0.717, 1.165) is 16.7 Å². The molecule has 0 spiro atoms. The van der Waals surface area contributed by atoms with Crippen LogP contribution in [0.2, 0.25) is 0 Å². The number of nitrogens with zero attached hydrogens (tertiary/aromatic N) is 1. The molecule has 7 heteroatoms. The van der Waals surface area contributed by atoms with Crippen LogP contribution in [0.1, 0.15) is 12.5 Å². The van der Waals surface area contributed by atoms with Crippen molar-refractivity contribution in [3.8, 4) is 0 Å². The number of fused-ring (bicyclic) bond motifs is 1. The Kier molecular flexibility index (Phi) is 2.76. The Bertz CT molecular complexity index is 713. The van der Waals surface area contributed by atoms with Gasteiger partial charge in [-0.15, -0.1) is 0 Å². The molecule has 0 atom stereocenters. The molecule has 1 heterocycles. The molecule has 4 nitrogen and oxygen atoms in total. The van der Waals surface area contributed by atoms with Crippen LogP contribution < -0.4 is 11.2 Å². The van der Waals surface area contributed by atoms with Crippen molar-refractivity contribution in [1.29, 1.82) is 0 Å². The van der Waals surface area contributed by atoms with Crippen molar-refractivity contribution >= 4 is 10.9 Å². The summed E-state index contributed by atoms with van der Waals surface area (Å²) in [7, 11) is 0. The third kappa shape index (κ3) is 1.81. The molecule has 96 valence electrons. The second-order valence-electron chi connectivity index (χ2n) is 3.71. The Morgan fingerprint density at radius 1 is 1.28 bits per heavy atom. The van der Waals surface area contributed by atoms with Crippen LogP contribution in [0.25, 0.3) is 10.9 Å². The number of rotatable bonds is 1. The van der Waals surface area contributed by atoms with E-state index in [0.29, 0.717) is 0 Å². The number of hydrogen-bond donors (Lipinski definition) is 1. The van der Waals surface area contributed by atoms with Gasteiger partial charge >= 0.3 is 11.9 Å². The van der Waals surface area contributed by atoms with Gasteiger partial charge < -0.3 is 4.98 Å². The van der Waals surface area contributed by atoms with Crippen molar-refractivity contribution < 1.29 is 13.2 Å². The maximum Gasteiger partial charge on any atom is 0.418 e. The minimum absolute atomic E-state index is 0.0976. The summed E-state index contributed by atoms with van der Waals surface area (Å²) in [5, 5.41) is -0.147. The number of H-pyrrole nitrogens is 1. The van der Waals surface area contributed by atoms with E-state index in [2.05, 4.69) is 4.98 Å². The Balaban J connectivity index is 2.98. The summed E-state index contributed by atoms with van der Waals surface area (Å²) >= 11 is 0. The summed E-state index contributed by atoms with van der Waals surface area (Å²) in [6, 6.07) is 3.23. The van der Waals surface area contributed by atoms with E-state index in [1.807, 2.05) is 0 Å². The lowest BCUT2D eigenvalue weighted by molar-refractivity contribution is -0.136. The normalized spacial score (nSPS) is 12.0. The molecular formula is C11H9F3N2O2. The zero-order chi connectivity index (χ0) is 13.5. The Morgan fingerprint density at radius 2 is 1.94 bits per heavy atom. The SMILES string of the molecule is CCn1c(=O)[nH]c2c(C(F)(F)F)cccc2c1=O. The lowest BCUT2D eigenvalue weighted by atomic mass is 10.1. The van der Waals surface area contributed by atoms with Gasteiger partial charge in [0.2, 0.25) is 0 Å². The quantitative estimate of drug-likeness (QED) is 0.846. The zero-order valence-electron chi connectivity index (χ0n) is 9.34. The Labute approximate surface area is 98.7 Å². The first-order chi connectivity index (χ1) is 8.36. The molecule has 0 unspecified atom stereocenters. The standard InChI is InChI=1S/C11H9F3N2O2/c1-2-16-9(17)6-4-3-5-7(11(12,13)14)8(6)15-10(16)18/h3-5H,2H2,1H3,(H,15,18). The molecule has 0 saturated heterocycles. The van der Waals surface area contributed by atoms with Crippen molar-refractivity contribution in [2.75, 3.05) is 0 Å². The van der Waals surface area contributed by atoms with Gasteiger partial charge in [-0.1, -0.05) is 6.07 Å². The van der Waals surface area contributed by atoms with Crippen LogP contribution in [-0.4, -0.2) is 9.55 Å². The number of nitrogens with one attached hydrogen (secondary N) is 1. The summed E-state index contributed by atoms with van der Waals surface area (Å²) in [6.45, 7) is 1.66. The largest absolute Gasteiger partial charge is 0.418 e. The zero-order valence-corrected chi connectivity index (χ0v) is 9.34. The molecule has 0 radical (unpaired) electrons. The summed E-state index contributed by atoms with van der Waals surface area (Å²) in [4.78, 5) is 25.5. The maximum absolute atomic E-state index is 12.7. The predicted molar refractivity (Wildman–Crippen MR) is 59.5 cm³/mol. The van der Waals surface area contributed by atoms with E-state index in [9.17, 15) is 22.8 Å². The second-order valence-corrected chi connectivity index (χ2v) is 3.71. The first-order valence-corrected chi connectivity index (χ1v) is 5.19. The van der Waals surface area contributed by atoms with Gasteiger partial charge in [0, 0.05) is 6.54 Å². The second kappa shape index (κ2) is 4.01. The molecule has 2 rings (SSSR count). The summed E-state index contributed by atoms with van der Waals surface area (Å²) in [5.41, 5.74) is -3.05. The molecule has 0 aliphatic carbocycles. The minimum Gasteiger partial charge on any atom is -0.306 e. The maximum atomic E-state index is 12.7. The molecule has 0 bridgehead atoms. The van der Waals surface area contributed by atoms with Gasteiger partial charge in [0.05, 0.1) is 16.5 Å². The molecule has 2 aromatic rings. The highest BCUT2D eigenvalue weighted by molar-refractivity contribution is 5.81. The van der Waals surface area contributed by atoms with Crippen molar-refractivity contribution in [3.63, 3.8) is 0 Å². The number of benzene rings is 1. The van der Waals surface area contributed by atoms with Crippen LogP contribution in [0.3, 0.4) is 0 Å². The minimum atomic E-state index is -4.62.